The molecule has 1 heterocycles. The molecule has 0 aliphatic heterocycles. The van der Waals surface area contributed by atoms with E-state index in [2.05, 4.69) is 9.97 Å². The Balaban J connectivity index is 2.56. The summed E-state index contributed by atoms with van der Waals surface area (Å²) in [4.78, 5) is 7.48. The number of aromatic nitrogens is 2. The summed E-state index contributed by atoms with van der Waals surface area (Å²) in [5, 5.41) is 10.3. The largest absolute Gasteiger partial charge is 0.380 e. The van der Waals surface area contributed by atoms with Crippen LogP contribution in [0, 0.1) is 11.6 Å². The molecule has 0 spiro atoms. The second-order valence-electron chi connectivity index (χ2n) is 3.80. The number of nitrogens with zero attached hydrogens (tertiary/aromatic N) is 2. The summed E-state index contributed by atoms with van der Waals surface area (Å²) < 4.78 is 26.7. The molecule has 0 amide bonds. The van der Waals surface area contributed by atoms with Gasteiger partial charge in [-0.15, -0.1) is 0 Å². The van der Waals surface area contributed by atoms with Crippen LogP contribution in [0.5, 0.6) is 0 Å². The summed E-state index contributed by atoms with van der Waals surface area (Å²) in [6.45, 7) is 1.36. The molecule has 0 saturated carbocycles. The molecule has 0 bridgehead atoms. The highest BCUT2D eigenvalue weighted by Crippen LogP contribution is 2.30. The van der Waals surface area contributed by atoms with Crippen LogP contribution < -0.4 is 0 Å². The van der Waals surface area contributed by atoms with Crippen molar-refractivity contribution in [2.24, 2.45) is 0 Å². The molecular weight excluding hydrogens is 226 g/mol. The van der Waals surface area contributed by atoms with E-state index in [9.17, 15) is 13.9 Å². The Bertz CT molecular complexity index is 529. The third kappa shape index (κ3) is 2.01. The standard InChI is InChI=1S/C12H10F2N2O/c1-12(17,8-5-15-7-16-6-8)9-3-2-4-10(13)11(9)14/h2-7,17H,1H3. The lowest BCUT2D eigenvalue weighted by Gasteiger charge is -2.24. The second kappa shape index (κ2) is 4.18. The lowest BCUT2D eigenvalue weighted by Crippen LogP contribution is -2.25. The van der Waals surface area contributed by atoms with Crippen LogP contribution in [-0.4, -0.2) is 15.1 Å². The molecule has 1 aromatic heterocycles. The number of hydrogen-bond acceptors (Lipinski definition) is 3. The highest BCUT2D eigenvalue weighted by Gasteiger charge is 2.30. The fraction of sp³-hybridized carbons (Fsp3) is 0.167. The van der Waals surface area contributed by atoms with E-state index in [1.807, 2.05) is 0 Å². The normalized spacial score (nSPS) is 14.4. The van der Waals surface area contributed by atoms with Crippen molar-refractivity contribution in [1.29, 1.82) is 0 Å². The number of halogens is 2. The van der Waals surface area contributed by atoms with Crippen LogP contribution in [0.15, 0.2) is 36.9 Å². The minimum Gasteiger partial charge on any atom is -0.380 e. The molecule has 1 N–H and O–H groups in total. The van der Waals surface area contributed by atoms with Crippen molar-refractivity contribution in [3.8, 4) is 0 Å². The van der Waals surface area contributed by atoms with E-state index in [0.717, 1.165) is 6.07 Å². The maximum atomic E-state index is 13.6. The molecule has 0 saturated heterocycles. The highest BCUT2D eigenvalue weighted by molar-refractivity contribution is 5.33. The zero-order valence-electron chi connectivity index (χ0n) is 9.06. The summed E-state index contributed by atoms with van der Waals surface area (Å²) >= 11 is 0. The number of aliphatic hydroxyl groups is 1. The fourth-order valence-corrected chi connectivity index (χ4v) is 1.59. The van der Waals surface area contributed by atoms with Crippen molar-refractivity contribution in [3.05, 3.63) is 59.7 Å². The van der Waals surface area contributed by atoms with Gasteiger partial charge in [-0.1, -0.05) is 12.1 Å². The van der Waals surface area contributed by atoms with Crippen molar-refractivity contribution in [2.45, 2.75) is 12.5 Å². The number of hydrogen-bond donors (Lipinski definition) is 1. The molecule has 3 nitrogen and oxygen atoms in total. The molecular formula is C12H10F2N2O. The summed E-state index contributed by atoms with van der Waals surface area (Å²) in [6.07, 6.45) is 4.01. The average Bonchev–Trinajstić information content (AvgIpc) is 2.33. The van der Waals surface area contributed by atoms with Crippen molar-refractivity contribution in [2.75, 3.05) is 0 Å². The number of rotatable bonds is 2. The molecule has 0 radical (unpaired) electrons. The third-order valence-corrected chi connectivity index (χ3v) is 2.60. The predicted octanol–water partition coefficient (Wildman–Crippen LogP) is 2.01. The minimum atomic E-state index is -1.67. The first-order valence-corrected chi connectivity index (χ1v) is 4.96. The van der Waals surface area contributed by atoms with Gasteiger partial charge in [0.15, 0.2) is 11.6 Å². The first-order valence-electron chi connectivity index (χ1n) is 4.96. The van der Waals surface area contributed by atoms with Gasteiger partial charge in [-0.2, -0.15) is 0 Å². The summed E-state index contributed by atoms with van der Waals surface area (Å²) in [5.41, 5.74) is -1.52. The Morgan fingerprint density at radius 1 is 1.18 bits per heavy atom. The minimum absolute atomic E-state index is 0.146. The van der Waals surface area contributed by atoms with E-state index in [-0.39, 0.29) is 5.56 Å². The van der Waals surface area contributed by atoms with E-state index in [1.165, 1.54) is 37.8 Å². The van der Waals surface area contributed by atoms with Gasteiger partial charge in [0.1, 0.15) is 11.9 Å². The van der Waals surface area contributed by atoms with Crippen LogP contribution in [0.3, 0.4) is 0 Å². The van der Waals surface area contributed by atoms with Crippen LogP contribution in [0.1, 0.15) is 18.1 Å². The predicted molar refractivity (Wildman–Crippen MR) is 57.1 cm³/mol. The smallest absolute Gasteiger partial charge is 0.165 e. The molecule has 0 aliphatic rings. The summed E-state index contributed by atoms with van der Waals surface area (Å²) in [7, 11) is 0. The monoisotopic (exact) mass is 236 g/mol. The van der Waals surface area contributed by atoms with Gasteiger partial charge in [0.2, 0.25) is 0 Å². The van der Waals surface area contributed by atoms with Crippen LogP contribution in [0.25, 0.3) is 0 Å². The van der Waals surface area contributed by atoms with Crippen LogP contribution in [0.4, 0.5) is 8.78 Å². The van der Waals surface area contributed by atoms with Crippen molar-refractivity contribution < 1.29 is 13.9 Å². The topological polar surface area (TPSA) is 46.0 Å². The zero-order chi connectivity index (χ0) is 12.5. The van der Waals surface area contributed by atoms with Gasteiger partial charge < -0.3 is 5.11 Å². The molecule has 2 aromatic rings. The van der Waals surface area contributed by atoms with Crippen LogP contribution in [0.2, 0.25) is 0 Å². The van der Waals surface area contributed by atoms with Gasteiger partial charge in [0.05, 0.1) is 0 Å². The Labute approximate surface area is 96.8 Å². The molecule has 0 aliphatic carbocycles. The average molecular weight is 236 g/mol. The molecule has 5 heteroatoms. The highest BCUT2D eigenvalue weighted by atomic mass is 19.2. The van der Waals surface area contributed by atoms with Crippen LogP contribution >= 0.6 is 0 Å². The van der Waals surface area contributed by atoms with Crippen molar-refractivity contribution in [3.63, 3.8) is 0 Å². The SMILES string of the molecule is CC(O)(c1cncnc1)c1cccc(F)c1F. The maximum absolute atomic E-state index is 13.6. The summed E-state index contributed by atoms with van der Waals surface area (Å²) in [5.74, 6) is -2.07. The quantitative estimate of drug-likeness (QED) is 0.867. The van der Waals surface area contributed by atoms with E-state index in [4.69, 9.17) is 0 Å². The lowest BCUT2D eigenvalue weighted by atomic mass is 9.89. The first-order chi connectivity index (χ1) is 8.03. The van der Waals surface area contributed by atoms with Gasteiger partial charge >= 0.3 is 0 Å². The Morgan fingerprint density at radius 3 is 2.47 bits per heavy atom. The second-order valence-corrected chi connectivity index (χ2v) is 3.80. The first kappa shape index (κ1) is 11.6. The van der Waals surface area contributed by atoms with E-state index < -0.39 is 17.2 Å². The molecule has 1 atom stereocenters. The molecule has 17 heavy (non-hydrogen) atoms. The van der Waals surface area contributed by atoms with Gasteiger partial charge in [0.25, 0.3) is 0 Å². The van der Waals surface area contributed by atoms with Crippen molar-refractivity contribution in [1.82, 2.24) is 9.97 Å². The summed E-state index contributed by atoms with van der Waals surface area (Å²) in [6, 6.07) is 3.66. The maximum Gasteiger partial charge on any atom is 0.165 e. The fourth-order valence-electron chi connectivity index (χ4n) is 1.59. The molecule has 2 rings (SSSR count). The Kier molecular flexibility index (Phi) is 2.85. The van der Waals surface area contributed by atoms with E-state index in [1.54, 1.807) is 0 Å². The Hall–Kier alpha value is -1.88. The Morgan fingerprint density at radius 2 is 1.82 bits per heavy atom. The lowest BCUT2D eigenvalue weighted by molar-refractivity contribution is 0.0962. The molecule has 88 valence electrons. The van der Waals surface area contributed by atoms with Gasteiger partial charge in [-0.05, 0) is 13.0 Å². The number of benzene rings is 1. The van der Waals surface area contributed by atoms with Crippen molar-refractivity contribution >= 4 is 0 Å². The zero-order valence-corrected chi connectivity index (χ0v) is 9.06. The third-order valence-electron chi connectivity index (χ3n) is 2.60. The molecule has 1 aromatic carbocycles. The molecule has 0 fully saturated rings. The van der Waals surface area contributed by atoms with E-state index in [0.29, 0.717) is 5.56 Å². The van der Waals surface area contributed by atoms with E-state index >= 15 is 0 Å². The molecule has 1 unspecified atom stereocenters. The van der Waals surface area contributed by atoms with Gasteiger partial charge in [-0.3, -0.25) is 0 Å². The van der Waals surface area contributed by atoms with Crippen LogP contribution in [-0.2, 0) is 5.60 Å². The van der Waals surface area contributed by atoms with Gasteiger partial charge in [0, 0.05) is 23.5 Å². The van der Waals surface area contributed by atoms with Gasteiger partial charge in [-0.25, -0.2) is 18.7 Å².